The van der Waals surface area contributed by atoms with E-state index in [9.17, 15) is 13.9 Å². The van der Waals surface area contributed by atoms with Gasteiger partial charge in [0.05, 0.1) is 23.2 Å². The third-order valence-electron chi connectivity index (χ3n) is 6.50. The van der Waals surface area contributed by atoms with Crippen molar-refractivity contribution in [3.05, 3.63) is 66.2 Å². The number of benzene rings is 2. The van der Waals surface area contributed by atoms with Crippen LogP contribution in [0.3, 0.4) is 0 Å². The van der Waals surface area contributed by atoms with Crippen molar-refractivity contribution in [2.75, 3.05) is 11.9 Å². The second-order valence-electron chi connectivity index (χ2n) is 9.22. The van der Waals surface area contributed by atoms with Crippen LogP contribution in [-0.4, -0.2) is 43.4 Å². The average Bonchev–Trinajstić information content (AvgIpc) is 3.65. The SMILES string of the molecule is Cc1nc2ccc(-c3cnc(NCC(C)(O)C4CC4)nc3)cc2n1Cc1ccccc1OC(F)F. The van der Waals surface area contributed by atoms with E-state index in [2.05, 4.69) is 20.3 Å². The van der Waals surface area contributed by atoms with Crippen LogP contribution in [0.2, 0.25) is 0 Å². The van der Waals surface area contributed by atoms with Crippen LogP contribution in [0.5, 0.6) is 5.75 Å². The molecule has 0 spiro atoms. The summed E-state index contributed by atoms with van der Waals surface area (Å²) in [5.41, 5.74) is 3.30. The maximum Gasteiger partial charge on any atom is 0.387 e. The summed E-state index contributed by atoms with van der Waals surface area (Å²) in [6.45, 7) is 1.58. The highest BCUT2D eigenvalue weighted by atomic mass is 19.3. The summed E-state index contributed by atoms with van der Waals surface area (Å²) in [6.07, 6.45) is 5.58. The number of fused-ring (bicyclic) bond motifs is 1. The van der Waals surface area contributed by atoms with Gasteiger partial charge in [-0.25, -0.2) is 15.0 Å². The first-order chi connectivity index (χ1) is 16.8. The molecule has 1 saturated carbocycles. The van der Waals surface area contributed by atoms with E-state index in [-0.39, 0.29) is 5.75 Å². The molecule has 0 radical (unpaired) electrons. The molecule has 0 bridgehead atoms. The summed E-state index contributed by atoms with van der Waals surface area (Å²) in [6, 6.07) is 12.7. The molecule has 2 aromatic heterocycles. The number of rotatable bonds is 9. The van der Waals surface area contributed by atoms with Gasteiger partial charge in [-0.05, 0) is 56.4 Å². The molecule has 9 heteroatoms. The number of hydrogen-bond acceptors (Lipinski definition) is 6. The second-order valence-corrected chi connectivity index (χ2v) is 9.22. The van der Waals surface area contributed by atoms with Gasteiger partial charge in [0.2, 0.25) is 5.95 Å². The van der Waals surface area contributed by atoms with Crippen LogP contribution in [0.25, 0.3) is 22.2 Å². The van der Waals surface area contributed by atoms with E-state index in [1.807, 2.05) is 36.6 Å². The maximum atomic E-state index is 12.9. The van der Waals surface area contributed by atoms with Crippen molar-refractivity contribution in [1.82, 2.24) is 19.5 Å². The molecule has 2 N–H and O–H groups in total. The Labute approximate surface area is 201 Å². The fourth-order valence-corrected chi connectivity index (χ4v) is 4.31. The summed E-state index contributed by atoms with van der Waals surface area (Å²) < 4.78 is 32.4. The molecular formula is C26H27F2N5O2. The zero-order chi connectivity index (χ0) is 24.6. The van der Waals surface area contributed by atoms with Gasteiger partial charge in [0.25, 0.3) is 0 Å². The topological polar surface area (TPSA) is 85.1 Å². The largest absolute Gasteiger partial charge is 0.434 e. The minimum absolute atomic E-state index is 0.150. The second kappa shape index (κ2) is 9.22. The van der Waals surface area contributed by atoms with Crippen LogP contribution in [0, 0.1) is 12.8 Å². The van der Waals surface area contributed by atoms with Crippen molar-refractivity contribution in [3.63, 3.8) is 0 Å². The van der Waals surface area contributed by atoms with E-state index >= 15 is 0 Å². The quantitative estimate of drug-likeness (QED) is 0.351. The number of aryl methyl sites for hydroxylation is 1. The lowest BCUT2D eigenvalue weighted by molar-refractivity contribution is -0.0504. The summed E-state index contributed by atoms with van der Waals surface area (Å²) in [5, 5.41) is 13.6. The molecule has 0 amide bonds. The minimum Gasteiger partial charge on any atom is -0.434 e. The van der Waals surface area contributed by atoms with E-state index in [4.69, 9.17) is 4.74 Å². The molecule has 5 rings (SSSR count). The van der Waals surface area contributed by atoms with Crippen LogP contribution in [0.1, 0.15) is 31.2 Å². The lowest BCUT2D eigenvalue weighted by atomic mass is 10.0. The average molecular weight is 480 g/mol. The van der Waals surface area contributed by atoms with Gasteiger partial charge in [0.15, 0.2) is 0 Å². The van der Waals surface area contributed by atoms with Crippen molar-refractivity contribution < 1.29 is 18.6 Å². The molecule has 35 heavy (non-hydrogen) atoms. The monoisotopic (exact) mass is 479 g/mol. The first-order valence-corrected chi connectivity index (χ1v) is 11.6. The van der Waals surface area contributed by atoms with Gasteiger partial charge >= 0.3 is 6.61 Å². The first kappa shape index (κ1) is 23.2. The van der Waals surface area contributed by atoms with E-state index < -0.39 is 12.2 Å². The highest BCUT2D eigenvalue weighted by Crippen LogP contribution is 2.39. The summed E-state index contributed by atoms with van der Waals surface area (Å²) in [7, 11) is 0. The van der Waals surface area contributed by atoms with Crippen molar-refractivity contribution in [3.8, 4) is 16.9 Å². The number of alkyl halides is 2. The van der Waals surface area contributed by atoms with Gasteiger partial charge in [-0.15, -0.1) is 0 Å². The van der Waals surface area contributed by atoms with Crippen molar-refractivity contribution in [2.24, 2.45) is 5.92 Å². The third kappa shape index (κ3) is 5.09. The van der Waals surface area contributed by atoms with E-state index in [0.29, 0.717) is 30.5 Å². The molecule has 1 unspecified atom stereocenters. The Balaban J connectivity index is 1.39. The van der Waals surface area contributed by atoms with Gasteiger partial charge in [-0.2, -0.15) is 8.78 Å². The lowest BCUT2D eigenvalue weighted by Gasteiger charge is -2.23. The molecule has 1 aliphatic carbocycles. The van der Waals surface area contributed by atoms with Crippen molar-refractivity contribution in [1.29, 1.82) is 0 Å². The Morgan fingerprint density at radius 2 is 1.89 bits per heavy atom. The minimum atomic E-state index is -2.89. The van der Waals surface area contributed by atoms with E-state index in [1.54, 1.807) is 36.7 Å². The Kier molecular flexibility index (Phi) is 6.10. The zero-order valence-corrected chi connectivity index (χ0v) is 19.6. The predicted octanol–water partition coefficient (Wildman–Crippen LogP) is 5.02. The summed E-state index contributed by atoms with van der Waals surface area (Å²) in [4.78, 5) is 13.4. The number of nitrogens with one attached hydrogen (secondary N) is 1. The molecule has 182 valence electrons. The molecule has 1 aliphatic rings. The van der Waals surface area contributed by atoms with E-state index in [0.717, 1.165) is 40.8 Å². The number of aliphatic hydroxyl groups is 1. The Morgan fingerprint density at radius 1 is 1.14 bits per heavy atom. The summed E-state index contributed by atoms with van der Waals surface area (Å²) in [5.74, 6) is 1.72. The van der Waals surface area contributed by atoms with Crippen LogP contribution in [0.4, 0.5) is 14.7 Å². The molecule has 0 aliphatic heterocycles. The Morgan fingerprint density at radius 3 is 2.60 bits per heavy atom. The number of imidazole rings is 1. The van der Waals surface area contributed by atoms with Crippen LogP contribution in [-0.2, 0) is 6.54 Å². The predicted molar refractivity (Wildman–Crippen MR) is 130 cm³/mol. The highest BCUT2D eigenvalue weighted by molar-refractivity contribution is 5.82. The lowest BCUT2D eigenvalue weighted by Crippen LogP contribution is -2.36. The number of para-hydroxylation sites is 1. The van der Waals surface area contributed by atoms with Gasteiger partial charge in [0, 0.05) is 30.1 Å². The van der Waals surface area contributed by atoms with Crippen LogP contribution in [0.15, 0.2) is 54.9 Å². The fourth-order valence-electron chi connectivity index (χ4n) is 4.31. The molecule has 1 atom stereocenters. The van der Waals surface area contributed by atoms with Gasteiger partial charge in [-0.1, -0.05) is 24.3 Å². The number of aromatic nitrogens is 4. The number of ether oxygens (including phenoxy) is 1. The Hall–Kier alpha value is -3.59. The number of halogens is 2. The number of nitrogens with zero attached hydrogens (tertiary/aromatic N) is 4. The van der Waals surface area contributed by atoms with Crippen molar-refractivity contribution in [2.45, 2.75) is 45.4 Å². The maximum absolute atomic E-state index is 12.9. The molecule has 2 heterocycles. The molecule has 1 fully saturated rings. The van der Waals surface area contributed by atoms with Crippen LogP contribution >= 0.6 is 0 Å². The van der Waals surface area contributed by atoms with Gasteiger partial charge in [-0.3, -0.25) is 0 Å². The normalized spacial score (nSPS) is 15.4. The third-order valence-corrected chi connectivity index (χ3v) is 6.50. The molecular weight excluding hydrogens is 452 g/mol. The number of anilines is 1. The van der Waals surface area contributed by atoms with Crippen molar-refractivity contribution >= 4 is 17.0 Å². The molecule has 4 aromatic rings. The Bertz CT molecular complexity index is 1330. The molecule has 2 aromatic carbocycles. The van der Waals surface area contributed by atoms with E-state index in [1.165, 1.54) is 0 Å². The van der Waals surface area contributed by atoms with Gasteiger partial charge < -0.3 is 19.7 Å². The van der Waals surface area contributed by atoms with Crippen LogP contribution < -0.4 is 10.1 Å². The molecule has 7 nitrogen and oxygen atoms in total. The standard InChI is InChI=1S/C26H27F2N5O2/c1-16-32-21-10-7-17(19-12-29-25(30-13-19)31-15-26(2,34)20-8-9-20)11-22(21)33(16)14-18-5-3-4-6-23(18)35-24(27)28/h3-7,10-13,20,24,34H,8-9,14-15H2,1-2H3,(H,29,30,31). The highest BCUT2D eigenvalue weighted by Gasteiger charge is 2.39. The summed E-state index contributed by atoms with van der Waals surface area (Å²) >= 11 is 0. The molecule has 0 saturated heterocycles. The smallest absolute Gasteiger partial charge is 0.387 e. The fraction of sp³-hybridized carbons (Fsp3) is 0.346. The number of hydrogen-bond donors (Lipinski definition) is 2. The first-order valence-electron chi connectivity index (χ1n) is 11.6. The zero-order valence-electron chi connectivity index (χ0n) is 19.6. The van der Waals surface area contributed by atoms with Gasteiger partial charge in [0.1, 0.15) is 11.6 Å².